The number of nitrogens with zero attached hydrogens (tertiary/aromatic N) is 1. The van der Waals surface area contributed by atoms with Crippen molar-refractivity contribution in [3.05, 3.63) is 35.1 Å². The molecule has 0 aliphatic carbocycles. The summed E-state index contributed by atoms with van der Waals surface area (Å²) in [5, 5.41) is 12.5. The molecule has 0 bridgehead atoms. The van der Waals surface area contributed by atoms with Gasteiger partial charge in [-0.1, -0.05) is 12.1 Å². The van der Waals surface area contributed by atoms with Crippen molar-refractivity contribution in [3.63, 3.8) is 0 Å². The molecule has 1 atom stereocenters. The number of nitrogens with one attached hydrogen (secondary N) is 1. The summed E-state index contributed by atoms with van der Waals surface area (Å²) in [5.41, 5.74) is 1.64. The molecule has 0 amide bonds. The number of aliphatic hydroxyl groups is 1. The van der Waals surface area contributed by atoms with Crippen LogP contribution in [0.1, 0.15) is 23.6 Å². The Bertz CT molecular complexity index is 391. The summed E-state index contributed by atoms with van der Waals surface area (Å²) in [6.45, 7) is 5.63. The highest BCUT2D eigenvalue weighted by molar-refractivity contribution is 5.26. The Balaban J connectivity index is 2.22. The summed E-state index contributed by atoms with van der Waals surface area (Å²) in [7, 11) is 0. The fourth-order valence-electron chi connectivity index (χ4n) is 2.55. The normalized spacial score (nSPS) is 18.8. The van der Waals surface area contributed by atoms with Gasteiger partial charge >= 0.3 is 0 Å². The van der Waals surface area contributed by atoms with Crippen molar-refractivity contribution in [1.29, 1.82) is 0 Å². The zero-order valence-corrected chi connectivity index (χ0v) is 10.8. The highest BCUT2D eigenvalue weighted by Crippen LogP contribution is 2.27. The van der Waals surface area contributed by atoms with Crippen LogP contribution in [0, 0.1) is 12.7 Å². The van der Waals surface area contributed by atoms with E-state index in [1.54, 1.807) is 6.07 Å². The number of hydrogen-bond acceptors (Lipinski definition) is 3. The van der Waals surface area contributed by atoms with Crippen molar-refractivity contribution in [2.45, 2.75) is 19.4 Å². The highest BCUT2D eigenvalue weighted by Gasteiger charge is 2.23. The lowest BCUT2D eigenvalue weighted by Gasteiger charge is -2.35. The van der Waals surface area contributed by atoms with E-state index in [2.05, 4.69) is 10.2 Å². The maximum atomic E-state index is 14.1. The average Bonchev–Trinajstić information content (AvgIpc) is 2.38. The zero-order valence-electron chi connectivity index (χ0n) is 10.8. The largest absolute Gasteiger partial charge is 0.396 e. The predicted octanol–water partition coefficient (Wildman–Crippen LogP) is 1.46. The molecule has 1 aliphatic rings. The molecule has 100 valence electrons. The number of rotatable bonds is 4. The molecule has 0 unspecified atom stereocenters. The minimum Gasteiger partial charge on any atom is -0.396 e. The molecule has 0 radical (unpaired) electrons. The topological polar surface area (TPSA) is 35.5 Å². The molecule has 2 rings (SSSR count). The monoisotopic (exact) mass is 252 g/mol. The Kier molecular flexibility index (Phi) is 4.69. The second kappa shape index (κ2) is 6.27. The average molecular weight is 252 g/mol. The maximum absolute atomic E-state index is 14.1. The highest BCUT2D eigenvalue weighted by atomic mass is 19.1. The molecule has 0 saturated carbocycles. The van der Waals surface area contributed by atoms with Gasteiger partial charge in [-0.3, -0.25) is 4.90 Å². The molecule has 18 heavy (non-hydrogen) atoms. The molecule has 3 nitrogen and oxygen atoms in total. The van der Waals surface area contributed by atoms with Crippen LogP contribution in [-0.4, -0.2) is 42.8 Å². The number of aryl methyl sites for hydroxylation is 1. The van der Waals surface area contributed by atoms with Crippen molar-refractivity contribution in [2.24, 2.45) is 0 Å². The standard InChI is InChI=1S/C14H21FN2O/c1-11-2-3-12(13(15)10-11)14(4-9-18)17-7-5-16-6-8-17/h2-3,10,14,16,18H,4-9H2,1H3/t14-/m0/s1. The quantitative estimate of drug-likeness (QED) is 0.851. The second-order valence-corrected chi connectivity index (χ2v) is 4.84. The third kappa shape index (κ3) is 3.07. The molecule has 1 aromatic rings. The first-order chi connectivity index (χ1) is 8.72. The van der Waals surface area contributed by atoms with E-state index in [-0.39, 0.29) is 18.5 Å². The van der Waals surface area contributed by atoms with Crippen LogP contribution in [0.15, 0.2) is 18.2 Å². The van der Waals surface area contributed by atoms with Gasteiger partial charge in [-0.25, -0.2) is 4.39 Å². The van der Waals surface area contributed by atoms with Gasteiger partial charge in [-0.2, -0.15) is 0 Å². The molecule has 1 heterocycles. The third-order valence-corrected chi connectivity index (χ3v) is 3.51. The number of halogens is 1. The van der Waals surface area contributed by atoms with Crippen LogP contribution in [0.4, 0.5) is 4.39 Å². The van der Waals surface area contributed by atoms with Crippen LogP contribution in [0.3, 0.4) is 0 Å². The lowest BCUT2D eigenvalue weighted by atomic mass is 9.99. The fourth-order valence-corrected chi connectivity index (χ4v) is 2.55. The van der Waals surface area contributed by atoms with Gasteiger partial charge < -0.3 is 10.4 Å². The van der Waals surface area contributed by atoms with Gasteiger partial charge in [0.15, 0.2) is 0 Å². The molecule has 1 aromatic carbocycles. The molecular weight excluding hydrogens is 231 g/mol. The van der Waals surface area contributed by atoms with Gasteiger partial charge in [0, 0.05) is 44.4 Å². The first-order valence-electron chi connectivity index (χ1n) is 6.54. The van der Waals surface area contributed by atoms with Crippen LogP contribution in [0.5, 0.6) is 0 Å². The molecule has 1 aliphatic heterocycles. The first kappa shape index (κ1) is 13.5. The van der Waals surface area contributed by atoms with Crippen LogP contribution < -0.4 is 5.32 Å². The van der Waals surface area contributed by atoms with E-state index in [1.807, 2.05) is 19.1 Å². The Morgan fingerprint density at radius 3 is 2.72 bits per heavy atom. The maximum Gasteiger partial charge on any atom is 0.128 e. The summed E-state index contributed by atoms with van der Waals surface area (Å²) in [5.74, 6) is -0.160. The van der Waals surface area contributed by atoms with E-state index >= 15 is 0 Å². The molecule has 2 N–H and O–H groups in total. The van der Waals surface area contributed by atoms with Gasteiger partial charge in [-0.15, -0.1) is 0 Å². The van der Waals surface area contributed by atoms with E-state index in [9.17, 15) is 9.50 Å². The molecule has 4 heteroatoms. The molecular formula is C14H21FN2O. The van der Waals surface area contributed by atoms with Crippen molar-refractivity contribution >= 4 is 0 Å². The van der Waals surface area contributed by atoms with Crippen molar-refractivity contribution in [3.8, 4) is 0 Å². The SMILES string of the molecule is Cc1ccc([C@H](CCO)N2CCNCC2)c(F)c1. The number of benzene rings is 1. The van der Waals surface area contributed by atoms with Crippen LogP contribution in [0.2, 0.25) is 0 Å². The van der Waals surface area contributed by atoms with Gasteiger partial charge in [0.1, 0.15) is 5.82 Å². The summed E-state index contributed by atoms with van der Waals surface area (Å²) < 4.78 is 14.1. The lowest BCUT2D eigenvalue weighted by molar-refractivity contribution is 0.138. The second-order valence-electron chi connectivity index (χ2n) is 4.84. The van der Waals surface area contributed by atoms with Gasteiger partial charge in [-0.05, 0) is 25.0 Å². The van der Waals surface area contributed by atoms with Crippen molar-refractivity contribution in [1.82, 2.24) is 10.2 Å². The smallest absolute Gasteiger partial charge is 0.128 e. The minimum atomic E-state index is -0.160. The summed E-state index contributed by atoms with van der Waals surface area (Å²) in [6.07, 6.45) is 0.583. The minimum absolute atomic E-state index is 0.0160. The molecule has 0 spiro atoms. The molecule has 1 fully saturated rings. The predicted molar refractivity (Wildman–Crippen MR) is 70.0 cm³/mol. The Morgan fingerprint density at radius 2 is 2.11 bits per heavy atom. The zero-order chi connectivity index (χ0) is 13.0. The van der Waals surface area contributed by atoms with Gasteiger partial charge in [0.2, 0.25) is 0 Å². The molecule has 1 saturated heterocycles. The van der Waals surface area contributed by atoms with Crippen LogP contribution in [0.25, 0.3) is 0 Å². The first-order valence-corrected chi connectivity index (χ1v) is 6.54. The lowest BCUT2D eigenvalue weighted by Crippen LogP contribution is -2.45. The van der Waals surface area contributed by atoms with Crippen LogP contribution in [-0.2, 0) is 0 Å². The fraction of sp³-hybridized carbons (Fsp3) is 0.571. The third-order valence-electron chi connectivity index (χ3n) is 3.51. The number of piperazine rings is 1. The van der Waals surface area contributed by atoms with Crippen molar-refractivity contribution in [2.75, 3.05) is 32.8 Å². The van der Waals surface area contributed by atoms with Crippen molar-refractivity contribution < 1.29 is 9.50 Å². The Hall–Kier alpha value is -0.970. The Morgan fingerprint density at radius 1 is 1.39 bits per heavy atom. The van der Waals surface area contributed by atoms with E-state index in [4.69, 9.17) is 0 Å². The van der Waals surface area contributed by atoms with E-state index in [0.717, 1.165) is 31.7 Å². The summed E-state index contributed by atoms with van der Waals surface area (Å²) in [4.78, 5) is 2.25. The number of aliphatic hydroxyl groups excluding tert-OH is 1. The molecule has 0 aromatic heterocycles. The van der Waals surface area contributed by atoms with E-state index in [0.29, 0.717) is 12.0 Å². The van der Waals surface area contributed by atoms with Crippen LogP contribution >= 0.6 is 0 Å². The van der Waals surface area contributed by atoms with E-state index in [1.165, 1.54) is 0 Å². The van der Waals surface area contributed by atoms with Gasteiger partial charge in [0.25, 0.3) is 0 Å². The Labute approximate surface area is 108 Å². The van der Waals surface area contributed by atoms with E-state index < -0.39 is 0 Å². The number of hydrogen-bond donors (Lipinski definition) is 2. The summed E-state index contributed by atoms with van der Waals surface area (Å²) >= 11 is 0. The van der Waals surface area contributed by atoms with Gasteiger partial charge in [0.05, 0.1) is 0 Å². The summed E-state index contributed by atoms with van der Waals surface area (Å²) in [6, 6.07) is 5.35.